The van der Waals surface area contributed by atoms with Crippen LogP contribution in [-0.4, -0.2) is 0 Å². The van der Waals surface area contributed by atoms with Crippen LogP contribution in [0.4, 0.5) is 4.39 Å². The molecule has 1 atom stereocenters. The highest BCUT2D eigenvalue weighted by Gasteiger charge is 2.14. The first-order valence-electron chi connectivity index (χ1n) is 5.72. The number of hydrogen-bond acceptors (Lipinski definition) is 2. The van der Waals surface area contributed by atoms with Gasteiger partial charge in [0.2, 0.25) is 0 Å². The van der Waals surface area contributed by atoms with Gasteiger partial charge in [0, 0.05) is 6.42 Å². The van der Waals surface area contributed by atoms with E-state index in [1.807, 2.05) is 19.1 Å². The molecule has 2 nitrogen and oxygen atoms in total. The molecule has 0 aliphatic heterocycles. The van der Waals surface area contributed by atoms with Gasteiger partial charge in [0.05, 0.1) is 6.04 Å². The normalized spacial score (nSPS) is 12.7. The quantitative estimate of drug-likeness (QED) is 0.883. The smallest absolute Gasteiger partial charge is 0.126 e. The molecule has 2 rings (SSSR count). The van der Waals surface area contributed by atoms with Crippen molar-refractivity contribution in [3.8, 4) is 0 Å². The molecule has 0 aliphatic rings. The number of hydrogen-bond donors (Lipinski definition) is 1. The first kappa shape index (κ1) is 11.9. The maximum absolute atomic E-state index is 13.2. The van der Waals surface area contributed by atoms with Gasteiger partial charge >= 0.3 is 0 Å². The van der Waals surface area contributed by atoms with E-state index in [1.165, 1.54) is 6.07 Å². The summed E-state index contributed by atoms with van der Waals surface area (Å²) >= 11 is 0. The van der Waals surface area contributed by atoms with Crippen LogP contribution in [-0.2, 0) is 6.42 Å². The second-order valence-corrected chi connectivity index (χ2v) is 4.14. The van der Waals surface area contributed by atoms with Crippen LogP contribution < -0.4 is 5.73 Å². The van der Waals surface area contributed by atoms with Gasteiger partial charge in [0.1, 0.15) is 17.3 Å². The van der Waals surface area contributed by atoms with Crippen LogP contribution in [0.5, 0.6) is 0 Å². The van der Waals surface area contributed by atoms with Crippen LogP contribution in [0.15, 0.2) is 34.7 Å². The summed E-state index contributed by atoms with van der Waals surface area (Å²) in [7, 11) is 0. The van der Waals surface area contributed by atoms with E-state index < -0.39 is 0 Å². The maximum atomic E-state index is 13.2. The lowest BCUT2D eigenvalue weighted by Gasteiger charge is -2.10. The standard InChI is InChI=1S/C14H16FNO/c1-3-11-5-7-13(17-11)14(16)10-4-6-12(15)9(2)8-10/h4-8,14H,3,16H2,1-2H3. The lowest BCUT2D eigenvalue weighted by molar-refractivity contribution is 0.453. The van der Waals surface area contributed by atoms with Crippen LogP contribution in [0, 0.1) is 12.7 Å². The Morgan fingerprint density at radius 1 is 1.29 bits per heavy atom. The predicted molar refractivity (Wildman–Crippen MR) is 65.3 cm³/mol. The van der Waals surface area contributed by atoms with Gasteiger partial charge in [-0.3, -0.25) is 0 Å². The first-order chi connectivity index (χ1) is 8.11. The van der Waals surface area contributed by atoms with Crippen molar-refractivity contribution in [1.82, 2.24) is 0 Å². The minimum absolute atomic E-state index is 0.213. The van der Waals surface area contributed by atoms with Crippen LogP contribution in [0.1, 0.15) is 35.6 Å². The third-order valence-corrected chi connectivity index (χ3v) is 2.88. The van der Waals surface area contributed by atoms with Crippen LogP contribution in [0.25, 0.3) is 0 Å². The zero-order valence-electron chi connectivity index (χ0n) is 10.0. The lowest BCUT2D eigenvalue weighted by atomic mass is 10.0. The molecule has 0 aliphatic carbocycles. The fourth-order valence-electron chi connectivity index (χ4n) is 1.78. The van der Waals surface area contributed by atoms with Gasteiger partial charge < -0.3 is 10.2 Å². The van der Waals surface area contributed by atoms with Gasteiger partial charge in [-0.25, -0.2) is 4.39 Å². The largest absolute Gasteiger partial charge is 0.464 e. The Balaban J connectivity index is 2.29. The predicted octanol–water partition coefficient (Wildman–Crippen LogP) is 3.34. The highest BCUT2D eigenvalue weighted by atomic mass is 19.1. The fraction of sp³-hybridized carbons (Fsp3) is 0.286. The highest BCUT2D eigenvalue weighted by Crippen LogP contribution is 2.23. The van der Waals surface area contributed by atoms with Gasteiger partial charge in [0.15, 0.2) is 0 Å². The third kappa shape index (κ3) is 2.39. The summed E-state index contributed by atoms with van der Waals surface area (Å²) in [6.07, 6.45) is 0.842. The molecule has 90 valence electrons. The Morgan fingerprint density at radius 2 is 2.06 bits per heavy atom. The SMILES string of the molecule is CCc1ccc(C(N)c2ccc(F)c(C)c2)o1. The van der Waals surface area contributed by atoms with Gasteiger partial charge in [-0.15, -0.1) is 0 Å². The van der Waals surface area contributed by atoms with E-state index in [0.29, 0.717) is 11.3 Å². The van der Waals surface area contributed by atoms with Crippen LogP contribution in [0.3, 0.4) is 0 Å². The Labute approximate surface area is 100 Å². The number of nitrogens with two attached hydrogens (primary N) is 1. The molecular formula is C14H16FNO. The van der Waals surface area contributed by atoms with Crippen molar-refractivity contribution in [2.45, 2.75) is 26.3 Å². The van der Waals surface area contributed by atoms with Crippen LogP contribution in [0.2, 0.25) is 0 Å². The number of halogens is 1. The monoisotopic (exact) mass is 233 g/mol. The Hall–Kier alpha value is -1.61. The van der Waals surface area contributed by atoms with E-state index in [1.54, 1.807) is 19.1 Å². The molecule has 0 saturated heterocycles. The Kier molecular flexibility index (Phi) is 3.29. The molecule has 17 heavy (non-hydrogen) atoms. The van der Waals surface area contributed by atoms with Gasteiger partial charge in [-0.1, -0.05) is 19.1 Å². The van der Waals surface area contributed by atoms with E-state index >= 15 is 0 Å². The fourth-order valence-corrected chi connectivity index (χ4v) is 1.78. The van der Waals surface area contributed by atoms with E-state index in [-0.39, 0.29) is 11.9 Å². The van der Waals surface area contributed by atoms with Crippen molar-refractivity contribution in [2.24, 2.45) is 5.73 Å². The van der Waals surface area contributed by atoms with Crippen molar-refractivity contribution in [1.29, 1.82) is 0 Å². The van der Waals surface area contributed by atoms with Gasteiger partial charge in [-0.05, 0) is 36.2 Å². The zero-order chi connectivity index (χ0) is 12.4. The molecule has 0 fully saturated rings. The molecule has 0 saturated carbocycles. The average Bonchev–Trinajstić information content (AvgIpc) is 2.80. The minimum Gasteiger partial charge on any atom is -0.464 e. The third-order valence-electron chi connectivity index (χ3n) is 2.88. The molecule has 0 amide bonds. The lowest BCUT2D eigenvalue weighted by Crippen LogP contribution is -2.11. The summed E-state index contributed by atoms with van der Waals surface area (Å²) in [6, 6.07) is 8.35. The molecule has 0 radical (unpaired) electrons. The molecule has 1 unspecified atom stereocenters. The highest BCUT2D eigenvalue weighted by molar-refractivity contribution is 5.31. The summed E-state index contributed by atoms with van der Waals surface area (Å²) in [6.45, 7) is 3.75. The van der Waals surface area contributed by atoms with E-state index in [9.17, 15) is 4.39 Å². The number of benzene rings is 1. The maximum Gasteiger partial charge on any atom is 0.126 e. The summed E-state index contributed by atoms with van der Waals surface area (Å²) in [4.78, 5) is 0. The number of furan rings is 1. The summed E-state index contributed by atoms with van der Waals surface area (Å²) in [5.41, 5.74) is 7.55. The molecule has 0 bridgehead atoms. The number of rotatable bonds is 3. The van der Waals surface area contributed by atoms with Gasteiger partial charge in [-0.2, -0.15) is 0 Å². The van der Waals surface area contributed by atoms with E-state index in [0.717, 1.165) is 17.7 Å². The average molecular weight is 233 g/mol. The van der Waals surface area contributed by atoms with Crippen molar-refractivity contribution in [3.63, 3.8) is 0 Å². The Bertz CT molecular complexity index is 519. The van der Waals surface area contributed by atoms with Crippen molar-refractivity contribution >= 4 is 0 Å². The summed E-state index contributed by atoms with van der Waals surface area (Å²) in [5, 5.41) is 0. The minimum atomic E-state index is -0.338. The Morgan fingerprint density at radius 3 is 2.65 bits per heavy atom. The van der Waals surface area contributed by atoms with E-state index in [2.05, 4.69) is 0 Å². The van der Waals surface area contributed by atoms with E-state index in [4.69, 9.17) is 10.2 Å². The second kappa shape index (κ2) is 4.72. The molecule has 0 spiro atoms. The summed E-state index contributed by atoms with van der Waals surface area (Å²) in [5.74, 6) is 1.41. The van der Waals surface area contributed by atoms with Crippen molar-refractivity contribution in [3.05, 3.63) is 58.8 Å². The van der Waals surface area contributed by atoms with Crippen molar-refractivity contribution < 1.29 is 8.81 Å². The molecule has 1 aromatic heterocycles. The molecule has 1 aromatic carbocycles. The number of aryl methyl sites for hydroxylation is 2. The summed E-state index contributed by atoms with van der Waals surface area (Å²) < 4.78 is 18.8. The second-order valence-electron chi connectivity index (χ2n) is 4.14. The molecule has 3 heteroatoms. The van der Waals surface area contributed by atoms with Gasteiger partial charge in [0.25, 0.3) is 0 Å². The topological polar surface area (TPSA) is 39.2 Å². The zero-order valence-corrected chi connectivity index (χ0v) is 10.0. The molecule has 1 heterocycles. The molecule has 2 N–H and O–H groups in total. The first-order valence-corrected chi connectivity index (χ1v) is 5.72. The molecular weight excluding hydrogens is 217 g/mol. The van der Waals surface area contributed by atoms with Crippen LogP contribution >= 0.6 is 0 Å². The van der Waals surface area contributed by atoms with Crippen molar-refractivity contribution in [2.75, 3.05) is 0 Å². The molecule has 2 aromatic rings.